The van der Waals surface area contributed by atoms with Crippen LogP contribution in [0.15, 0.2) is 0 Å². The zero-order valence-electron chi connectivity index (χ0n) is 9.61. The highest BCUT2D eigenvalue weighted by Crippen LogP contribution is 1.97. The summed E-state index contributed by atoms with van der Waals surface area (Å²) in [6.45, 7) is 2.78. The molecule has 1 unspecified atom stereocenters. The van der Waals surface area contributed by atoms with Gasteiger partial charge in [-0.3, -0.25) is 0 Å². The Bertz CT molecular complexity index is 251. The molecule has 0 aliphatic rings. The van der Waals surface area contributed by atoms with Crippen LogP contribution in [0.4, 0.5) is 0 Å². The molecule has 92 valence electrons. The van der Waals surface area contributed by atoms with Gasteiger partial charge in [0.25, 0.3) is 0 Å². The summed E-state index contributed by atoms with van der Waals surface area (Å²) >= 11 is 0. The van der Waals surface area contributed by atoms with E-state index < -0.39 is 10.0 Å². The van der Waals surface area contributed by atoms with E-state index in [0.29, 0.717) is 13.1 Å². The fourth-order valence-electron chi connectivity index (χ4n) is 1.14. The maximum Gasteiger partial charge on any atom is 0.208 e. The van der Waals surface area contributed by atoms with E-state index in [1.165, 1.54) is 0 Å². The van der Waals surface area contributed by atoms with Gasteiger partial charge in [0.1, 0.15) is 0 Å². The third kappa shape index (κ3) is 7.69. The van der Waals surface area contributed by atoms with Crippen LogP contribution in [0, 0.1) is 0 Å². The van der Waals surface area contributed by atoms with E-state index >= 15 is 0 Å². The molecule has 2 N–H and O–H groups in total. The largest absolute Gasteiger partial charge is 0.354 e. The lowest BCUT2D eigenvalue weighted by atomic mass is 10.3. The van der Waals surface area contributed by atoms with E-state index in [2.05, 4.69) is 10.0 Å². The van der Waals surface area contributed by atoms with Crippen molar-refractivity contribution in [1.82, 2.24) is 10.0 Å². The van der Waals surface area contributed by atoms with Gasteiger partial charge in [0.05, 0.1) is 12.3 Å². The molecule has 0 radical (unpaired) electrons. The maximum atomic E-state index is 10.7. The van der Waals surface area contributed by atoms with Crippen LogP contribution in [0.5, 0.6) is 0 Å². The zero-order valence-corrected chi connectivity index (χ0v) is 10.4. The summed E-state index contributed by atoms with van der Waals surface area (Å²) in [6, 6.07) is 0.00126. The van der Waals surface area contributed by atoms with Gasteiger partial charge in [-0.15, -0.1) is 0 Å². The molecule has 0 heterocycles. The minimum atomic E-state index is -3.11. The minimum Gasteiger partial charge on any atom is -0.354 e. The summed E-state index contributed by atoms with van der Waals surface area (Å²) in [5, 5.41) is 3.08. The monoisotopic (exact) mass is 240 g/mol. The van der Waals surface area contributed by atoms with Crippen LogP contribution in [-0.2, 0) is 19.5 Å². The summed E-state index contributed by atoms with van der Waals surface area (Å²) in [5.74, 6) is 0. The quantitative estimate of drug-likeness (QED) is 0.426. The standard InChI is InChI=1S/C8H20N2O4S/c1-7(8(13-2)14-3)9-5-6-10-15(4,11)12/h7-10H,5-6H2,1-4H3. The minimum absolute atomic E-state index is 0.00126. The molecule has 0 bridgehead atoms. The second-order valence-electron chi connectivity index (χ2n) is 3.25. The van der Waals surface area contributed by atoms with Crippen molar-refractivity contribution in [3.63, 3.8) is 0 Å². The predicted molar refractivity (Wildman–Crippen MR) is 58.1 cm³/mol. The van der Waals surface area contributed by atoms with Crippen LogP contribution in [0.1, 0.15) is 6.92 Å². The summed E-state index contributed by atoms with van der Waals surface area (Å²) < 4.78 is 33.9. The average molecular weight is 240 g/mol. The van der Waals surface area contributed by atoms with Crippen LogP contribution in [-0.4, -0.2) is 54.3 Å². The van der Waals surface area contributed by atoms with Gasteiger partial charge in [-0.05, 0) is 6.92 Å². The smallest absolute Gasteiger partial charge is 0.208 e. The van der Waals surface area contributed by atoms with E-state index in [1.807, 2.05) is 6.92 Å². The number of rotatable bonds is 8. The lowest BCUT2D eigenvalue weighted by Gasteiger charge is -2.22. The molecule has 0 spiro atoms. The van der Waals surface area contributed by atoms with Crippen molar-refractivity contribution in [1.29, 1.82) is 0 Å². The van der Waals surface area contributed by atoms with Crippen molar-refractivity contribution < 1.29 is 17.9 Å². The fraction of sp³-hybridized carbons (Fsp3) is 1.00. The Balaban J connectivity index is 3.67. The summed E-state index contributed by atoms with van der Waals surface area (Å²) in [7, 11) is 0.00735. The maximum absolute atomic E-state index is 10.7. The SMILES string of the molecule is COC(OC)C(C)NCCNS(C)(=O)=O. The van der Waals surface area contributed by atoms with Crippen molar-refractivity contribution in [3.05, 3.63) is 0 Å². The topological polar surface area (TPSA) is 76.7 Å². The van der Waals surface area contributed by atoms with Crippen molar-refractivity contribution >= 4 is 10.0 Å². The summed E-state index contributed by atoms with van der Waals surface area (Å²) in [6.07, 6.45) is 0.798. The molecule has 7 heteroatoms. The predicted octanol–water partition coefficient (Wildman–Crippen LogP) is -0.867. The third-order valence-corrected chi connectivity index (χ3v) is 2.56. The van der Waals surface area contributed by atoms with Gasteiger partial charge < -0.3 is 14.8 Å². The Hall–Kier alpha value is -0.210. The summed E-state index contributed by atoms with van der Waals surface area (Å²) in [4.78, 5) is 0. The highest BCUT2D eigenvalue weighted by Gasteiger charge is 2.14. The molecule has 0 aromatic heterocycles. The van der Waals surface area contributed by atoms with Crippen molar-refractivity contribution in [2.45, 2.75) is 19.3 Å². The van der Waals surface area contributed by atoms with Gasteiger partial charge in [-0.1, -0.05) is 0 Å². The molecule has 0 amide bonds. The van der Waals surface area contributed by atoms with Crippen molar-refractivity contribution in [3.8, 4) is 0 Å². The first-order valence-corrected chi connectivity index (χ1v) is 6.53. The van der Waals surface area contributed by atoms with Gasteiger partial charge in [-0.25, -0.2) is 13.1 Å². The zero-order chi connectivity index (χ0) is 11.9. The second-order valence-corrected chi connectivity index (χ2v) is 5.08. The number of hydrogen-bond acceptors (Lipinski definition) is 5. The van der Waals surface area contributed by atoms with Gasteiger partial charge >= 0.3 is 0 Å². The average Bonchev–Trinajstić information content (AvgIpc) is 2.13. The highest BCUT2D eigenvalue weighted by atomic mass is 32.2. The molecule has 0 fully saturated rings. The third-order valence-electron chi connectivity index (χ3n) is 1.83. The molecule has 15 heavy (non-hydrogen) atoms. The van der Waals surface area contributed by atoms with Crippen molar-refractivity contribution in [2.24, 2.45) is 0 Å². The molecule has 0 aromatic rings. The molecule has 0 saturated heterocycles. The first-order valence-electron chi connectivity index (χ1n) is 4.64. The Labute approximate surface area is 91.4 Å². The van der Waals surface area contributed by atoms with Crippen LogP contribution in [0.25, 0.3) is 0 Å². The van der Waals surface area contributed by atoms with Crippen LogP contribution in [0.2, 0.25) is 0 Å². The molecule has 0 aliphatic heterocycles. The normalized spacial score (nSPS) is 14.5. The number of methoxy groups -OCH3 is 2. The van der Waals surface area contributed by atoms with Gasteiger partial charge in [0, 0.05) is 27.3 Å². The Morgan fingerprint density at radius 2 is 1.73 bits per heavy atom. The van der Waals surface area contributed by atoms with E-state index in [9.17, 15) is 8.42 Å². The van der Waals surface area contributed by atoms with E-state index in [4.69, 9.17) is 9.47 Å². The van der Waals surface area contributed by atoms with Gasteiger partial charge in [0.2, 0.25) is 10.0 Å². The molecule has 0 rings (SSSR count). The molecular formula is C8H20N2O4S. The first-order chi connectivity index (χ1) is 6.90. The first kappa shape index (κ1) is 14.8. The molecular weight excluding hydrogens is 220 g/mol. The lowest BCUT2D eigenvalue weighted by molar-refractivity contribution is -0.119. The van der Waals surface area contributed by atoms with Crippen molar-refractivity contribution in [2.75, 3.05) is 33.6 Å². The molecule has 6 nitrogen and oxygen atoms in total. The summed E-state index contributed by atoms with van der Waals surface area (Å²) in [5.41, 5.74) is 0. The molecule has 0 saturated carbocycles. The molecule has 0 aliphatic carbocycles. The van der Waals surface area contributed by atoms with E-state index in [-0.39, 0.29) is 12.3 Å². The van der Waals surface area contributed by atoms with Gasteiger partial charge in [-0.2, -0.15) is 0 Å². The van der Waals surface area contributed by atoms with E-state index in [1.54, 1.807) is 14.2 Å². The lowest BCUT2D eigenvalue weighted by Crippen LogP contribution is -2.43. The van der Waals surface area contributed by atoms with Crippen LogP contribution >= 0.6 is 0 Å². The number of ether oxygens (including phenoxy) is 2. The Morgan fingerprint density at radius 3 is 2.13 bits per heavy atom. The van der Waals surface area contributed by atoms with Gasteiger partial charge in [0.15, 0.2) is 6.29 Å². The number of hydrogen-bond donors (Lipinski definition) is 2. The Kier molecular flexibility index (Phi) is 7.03. The second kappa shape index (κ2) is 7.13. The Morgan fingerprint density at radius 1 is 1.20 bits per heavy atom. The molecule has 0 aromatic carbocycles. The van der Waals surface area contributed by atoms with Crippen LogP contribution < -0.4 is 10.0 Å². The van der Waals surface area contributed by atoms with E-state index in [0.717, 1.165) is 6.26 Å². The number of nitrogens with one attached hydrogen (secondary N) is 2. The highest BCUT2D eigenvalue weighted by molar-refractivity contribution is 7.88. The number of sulfonamides is 1. The van der Waals surface area contributed by atoms with Crippen LogP contribution in [0.3, 0.4) is 0 Å². The molecule has 1 atom stereocenters. The fourth-order valence-corrected chi connectivity index (χ4v) is 1.61.